The highest BCUT2D eigenvalue weighted by atomic mass is 35.5. The molecule has 13 heavy (non-hydrogen) atoms. The van der Waals surface area contributed by atoms with Crippen LogP contribution < -0.4 is 0 Å². The van der Waals surface area contributed by atoms with Crippen LogP contribution in [0.25, 0.3) is 0 Å². The van der Waals surface area contributed by atoms with Gasteiger partial charge in [0.15, 0.2) is 0 Å². The Kier molecular flexibility index (Phi) is 3.27. The molecule has 0 aliphatic heterocycles. The maximum absolute atomic E-state index is 13.2. The molecule has 1 nitrogen and oxygen atoms in total. The van der Waals surface area contributed by atoms with Crippen LogP contribution in [0.15, 0.2) is 18.2 Å². The van der Waals surface area contributed by atoms with Crippen LogP contribution in [0, 0.1) is 17.1 Å². The molecular formula is C10H9ClFN. The first kappa shape index (κ1) is 10.0. The number of nitriles is 1. The van der Waals surface area contributed by atoms with Gasteiger partial charge >= 0.3 is 0 Å². The zero-order valence-electron chi connectivity index (χ0n) is 7.22. The number of benzene rings is 1. The first-order valence-electron chi connectivity index (χ1n) is 4.04. The van der Waals surface area contributed by atoms with Gasteiger partial charge in [-0.15, -0.1) is 0 Å². The molecule has 0 aliphatic carbocycles. The highest BCUT2D eigenvalue weighted by molar-refractivity contribution is 6.31. The Balaban J connectivity index is 3.20. The summed E-state index contributed by atoms with van der Waals surface area (Å²) >= 11 is 5.79. The SMILES string of the molecule is CCC(C#N)c1c(F)cccc1Cl. The molecule has 0 radical (unpaired) electrons. The van der Waals surface area contributed by atoms with Gasteiger partial charge < -0.3 is 0 Å². The van der Waals surface area contributed by atoms with Crippen molar-refractivity contribution in [3.63, 3.8) is 0 Å². The van der Waals surface area contributed by atoms with Crippen molar-refractivity contribution in [3.05, 3.63) is 34.6 Å². The van der Waals surface area contributed by atoms with Gasteiger partial charge in [-0.2, -0.15) is 5.26 Å². The van der Waals surface area contributed by atoms with Gasteiger partial charge in [0.05, 0.1) is 12.0 Å². The van der Waals surface area contributed by atoms with Crippen LogP contribution in [0.4, 0.5) is 4.39 Å². The van der Waals surface area contributed by atoms with Gasteiger partial charge in [0.25, 0.3) is 0 Å². The van der Waals surface area contributed by atoms with Crippen molar-refractivity contribution in [1.29, 1.82) is 5.26 Å². The lowest BCUT2D eigenvalue weighted by Gasteiger charge is -2.09. The summed E-state index contributed by atoms with van der Waals surface area (Å²) in [4.78, 5) is 0. The molecule has 0 aromatic heterocycles. The molecule has 1 atom stereocenters. The van der Waals surface area contributed by atoms with E-state index in [1.807, 2.05) is 13.0 Å². The van der Waals surface area contributed by atoms with E-state index in [9.17, 15) is 4.39 Å². The average Bonchev–Trinajstić information content (AvgIpc) is 2.11. The van der Waals surface area contributed by atoms with Crippen LogP contribution in [-0.4, -0.2) is 0 Å². The van der Waals surface area contributed by atoms with Crippen molar-refractivity contribution in [2.24, 2.45) is 0 Å². The fourth-order valence-corrected chi connectivity index (χ4v) is 1.50. The number of halogens is 2. The summed E-state index contributed by atoms with van der Waals surface area (Å²) in [5.74, 6) is -0.852. The fourth-order valence-electron chi connectivity index (χ4n) is 1.20. The van der Waals surface area contributed by atoms with Crippen LogP contribution in [0.1, 0.15) is 24.8 Å². The van der Waals surface area contributed by atoms with Gasteiger partial charge in [-0.3, -0.25) is 0 Å². The minimum absolute atomic E-state index is 0.314. The topological polar surface area (TPSA) is 23.8 Å². The number of hydrogen-bond donors (Lipinski definition) is 0. The molecule has 0 saturated heterocycles. The lowest BCUT2D eigenvalue weighted by Crippen LogP contribution is -1.98. The molecule has 0 heterocycles. The predicted octanol–water partition coefficient (Wildman–Crippen LogP) is 3.50. The molecule has 3 heteroatoms. The quantitative estimate of drug-likeness (QED) is 0.712. The summed E-state index contributed by atoms with van der Waals surface area (Å²) in [6, 6.07) is 6.48. The van der Waals surface area contributed by atoms with Crippen molar-refractivity contribution in [3.8, 4) is 6.07 Å². The molecule has 0 aliphatic rings. The molecule has 0 spiro atoms. The minimum Gasteiger partial charge on any atom is -0.207 e. The van der Waals surface area contributed by atoms with Crippen molar-refractivity contribution >= 4 is 11.6 Å². The van der Waals surface area contributed by atoms with Gasteiger partial charge in [0.1, 0.15) is 5.82 Å². The largest absolute Gasteiger partial charge is 0.207 e. The number of nitrogens with zero attached hydrogens (tertiary/aromatic N) is 1. The second-order valence-corrected chi connectivity index (χ2v) is 3.13. The molecule has 68 valence electrons. The number of rotatable bonds is 2. The second-order valence-electron chi connectivity index (χ2n) is 2.73. The van der Waals surface area contributed by atoms with Crippen molar-refractivity contribution in [2.75, 3.05) is 0 Å². The van der Waals surface area contributed by atoms with E-state index >= 15 is 0 Å². The Morgan fingerprint density at radius 2 is 2.31 bits per heavy atom. The van der Waals surface area contributed by atoms with E-state index in [1.54, 1.807) is 6.07 Å². The van der Waals surface area contributed by atoms with Crippen LogP contribution in [0.5, 0.6) is 0 Å². The standard InChI is InChI=1S/C10H9ClFN/c1-2-7(6-13)10-8(11)4-3-5-9(10)12/h3-5,7H,2H2,1H3. The Hall–Kier alpha value is -1.07. The summed E-state index contributed by atoms with van der Waals surface area (Å²) in [5.41, 5.74) is 0.314. The molecule has 0 N–H and O–H groups in total. The van der Waals surface area contributed by atoms with Gasteiger partial charge in [-0.05, 0) is 18.6 Å². The van der Waals surface area contributed by atoms with Gasteiger partial charge in [-0.25, -0.2) is 4.39 Å². The highest BCUT2D eigenvalue weighted by Crippen LogP contribution is 2.28. The number of hydrogen-bond acceptors (Lipinski definition) is 1. The summed E-state index contributed by atoms with van der Waals surface area (Å²) in [6.07, 6.45) is 0.567. The molecular weight excluding hydrogens is 189 g/mol. The van der Waals surface area contributed by atoms with Crippen LogP contribution in [0.2, 0.25) is 5.02 Å². The maximum Gasteiger partial charge on any atom is 0.129 e. The van der Waals surface area contributed by atoms with E-state index in [4.69, 9.17) is 16.9 Å². The smallest absolute Gasteiger partial charge is 0.129 e. The fraction of sp³-hybridized carbons (Fsp3) is 0.300. The lowest BCUT2D eigenvalue weighted by atomic mass is 9.97. The van der Waals surface area contributed by atoms with E-state index in [0.717, 1.165) is 0 Å². The molecule has 0 saturated carbocycles. The zero-order valence-corrected chi connectivity index (χ0v) is 7.98. The molecule has 1 aromatic rings. The summed E-state index contributed by atoms with van der Waals surface area (Å²) in [5, 5.41) is 9.08. The van der Waals surface area contributed by atoms with Crippen LogP contribution in [-0.2, 0) is 0 Å². The van der Waals surface area contributed by atoms with E-state index in [2.05, 4.69) is 0 Å². The predicted molar refractivity (Wildman–Crippen MR) is 50.1 cm³/mol. The normalized spacial score (nSPS) is 12.2. The van der Waals surface area contributed by atoms with E-state index in [-0.39, 0.29) is 0 Å². The van der Waals surface area contributed by atoms with Crippen molar-refractivity contribution < 1.29 is 4.39 Å². The van der Waals surface area contributed by atoms with Gasteiger partial charge in [-0.1, -0.05) is 24.6 Å². The molecule has 0 fully saturated rings. The van der Waals surface area contributed by atoms with E-state index in [1.165, 1.54) is 12.1 Å². The highest BCUT2D eigenvalue weighted by Gasteiger charge is 2.16. The summed E-state index contributed by atoms with van der Waals surface area (Å²) in [7, 11) is 0. The Labute approximate surface area is 81.8 Å². The van der Waals surface area contributed by atoms with Gasteiger partial charge in [0.2, 0.25) is 0 Å². The zero-order chi connectivity index (χ0) is 9.84. The molecule has 0 amide bonds. The minimum atomic E-state index is -0.450. The molecule has 0 bridgehead atoms. The third-order valence-electron chi connectivity index (χ3n) is 1.91. The van der Waals surface area contributed by atoms with Crippen molar-refractivity contribution in [2.45, 2.75) is 19.3 Å². The summed E-state index contributed by atoms with van der Waals surface area (Å²) in [6.45, 7) is 1.83. The van der Waals surface area contributed by atoms with Gasteiger partial charge in [0, 0.05) is 10.6 Å². The monoisotopic (exact) mass is 197 g/mol. The Morgan fingerprint density at radius 1 is 1.62 bits per heavy atom. The van der Waals surface area contributed by atoms with E-state index < -0.39 is 11.7 Å². The Bertz CT molecular complexity index is 323. The Morgan fingerprint density at radius 3 is 2.77 bits per heavy atom. The molecule has 1 aromatic carbocycles. The second kappa shape index (κ2) is 4.25. The van der Waals surface area contributed by atoms with Crippen LogP contribution in [0.3, 0.4) is 0 Å². The third-order valence-corrected chi connectivity index (χ3v) is 2.24. The van der Waals surface area contributed by atoms with E-state index in [0.29, 0.717) is 17.0 Å². The molecule has 1 unspecified atom stereocenters. The average molecular weight is 198 g/mol. The third kappa shape index (κ3) is 1.99. The summed E-state index contributed by atoms with van der Waals surface area (Å²) < 4.78 is 13.2. The first-order chi connectivity index (χ1) is 6.20. The first-order valence-corrected chi connectivity index (χ1v) is 4.42. The lowest BCUT2D eigenvalue weighted by molar-refractivity contribution is 0.598. The van der Waals surface area contributed by atoms with Crippen molar-refractivity contribution in [1.82, 2.24) is 0 Å². The molecule has 1 rings (SSSR count). The van der Waals surface area contributed by atoms with Crippen LogP contribution >= 0.6 is 11.6 Å². The maximum atomic E-state index is 13.2.